The molecular formula is C20H14N2O5. The van der Waals surface area contributed by atoms with E-state index in [1.807, 2.05) is 0 Å². The Hall–Kier alpha value is -3.74. The van der Waals surface area contributed by atoms with Gasteiger partial charge in [-0.15, -0.1) is 0 Å². The minimum atomic E-state index is -0.727. The molecule has 1 aliphatic rings. The van der Waals surface area contributed by atoms with Crippen molar-refractivity contribution >= 4 is 28.7 Å². The smallest absolute Gasteiger partial charge is 0.354 e. The number of aromatic nitrogens is 1. The SMILES string of the molecule is O=C(OCCN1C(=O)c2ccccc2C1=O)c1cc(=O)c2ccccc2[nH]1. The summed E-state index contributed by atoms with van der Waals surface area (Å²) in [5.41, 5.74) is 0.926. The Bertz CT molecular complexity index is 1110. The topological polar surface area (TPSA) is 96.5 Å². The van der Waals surface area contributed by atoms with Gasteiger partial charge in [-0.3, -0.25) is 19.3 Å². The van der Waals surface area contributed by atoms with Gasteiger partial charge >= 0.3 is 5.97 Å². The number of aromatic amines is 1. The minimum absolute atomic E-state index is 0.0149. The van der Waals surface area contributed by atoms with Gasteiger partial charge in [-0.05, 0) is 24.3 Å². The van der Waals surface area contributed by atoms with Crippen molar-refractivity contribution in [1.29, 1.82) is 0 Å². The number of nitrogens with zero attached hydrogens (tertiary/aromatic N) is 1. The van der Waals surface area contributed by atoms with Gasteiger partial charge in [0, 0.05) is 17.0 Å². The van der Waals surface area contributed by atoms with Crippen molar-refractivity contribution in [3.8, 4) is 0 Å². The van der Waals surface area contributed by atoms with Crippen LogP contribution in [-0.4, -0.2) is 40.8 Å². The van der Waals surface area contributed by atoms with Crippen LogP contribution in [0.5, 0.6) is 0 Å². The summed E-state index contributed by atoms with van der Waals surface area (Å²) >= 11 is 0. The highest BCUT2D eigenvalue weighted by molar-refractivity contribution is 6.21. The molecule has 0 bridgehead atoms. The van der Waals surface area contributed by atoms with Gasteiger partial charge in [0.15, 0.2) is 5.43 Å². The fraction of sp³-hybridized carbons (Fsp3) is 0.100. The molecule has 7 nitrogen and oxygen atoms in total. The van der Waals surface area contributed by atoms with E-state index in [4.69, 9.17) is 4.74 Å². The number of carbonyl (C=O) groups is 3. The van der Waals surface area contributed by atoms with Gasteiger partial charge in [0.25, 0.3) is 11.8 Å². The van der Waals surface area contributed by atoms with E-state index >= 15 is 0 Å². The lowest BCUT2D eigenvalue weighted by atomic mass is 10.1. The number of esters is 1. The first-order chi connectivity index (χ1) is 13.1. The fourth-order valence-corrected chi connectivity index (χ4v) is 3.06. The van der Waals surface area contributed by atoms with Crippen LogP contribution in [0.25, 0.3) is 10.9 Å². The quantitative estimate of drug-likeness (QED) is 0.565. The number of fused-ring (bicyclic) bond motifs is 2. The summed E-state index contributed by atoms with van der Waals surface area (Å²) in [4.78, 5) is 52.7. The number of imide groups is 1. The van der Waals surface area contributed by atoms with Gasteiger partial charge in [-0.2, -0.15) is 0 Å². The van der Waals surface area contributed by atoms with Gasteiger partial charge in [-0.25, -0.2) is 4.79 Å². The molecule has 3 aromatic rings. The molecule has 1 aliphatic heterocycles. The maximum absolute atomic E-state index is 12.3. The van der Waals surface area contributed by atoms with Crippen molar-refractivity contribution in [3.63, 3.8) is 0 Å². The highest BCUT2D eigenvalue weighted by atomic mass is 16.5. The van der Waals surface area contributed by atoms with Crippen LogP contribution in [0.1, 0.15) is 31.2 Å². The minimum Gasteiger partial charge on any atom is -0.459 e. The van der Waals surface area contributed by atoms with Crippen LogP contribution in [0.15, 0.2) is 59.4 Å². The molecule has 0 unspecified atom stereocenters. The van der Waals surface area contributed by atoms with Crippen LogP contribution < -0.4 is 5.43 Å². The molecule has 134 valence electrons. The van der Waals surface area contributed by atoms with E-state index in [1.165, 1.54) is 6.07 Å². The molecule has 2 heterocycles. The van der Waals surface area contributed by atoms with E-state index < -0.39 is 17.8 Å². The van der Waals surface area contributed by atoms with Crippen molar-refractivity contribution in [2.24, 2.45) is 0 Å². The number of benzene rings is 2. The first-order valence-electron chi connectivity index (χ1n) is 8.30. The Morgan fingerprint density at radius 3 is 2.26 bits per heavy atom. The van der Waals surface area contributed by atoms with Gasteiger partial charge in [0.05, 0.1) is 17.7 Å². The van der Waals surface area contributed by atoms with E-state index in [0.29, 0.717) is 22.0 Å². The molecule has 2 aromatic carbocycles. The summed E-state index contributed by atoms with van der Waals surface area (Å²) in [6.45, 7) is -0.227. The first kappa shape index (κ1) is 16.7. The van der Waals surface area contributed by atoms with Gasteiger partial charge in [0.1, 0.15) is 12.3 Å². The average Bonchev–Trinajstić information content (AvgIpc) is 2.93. The lowest BCUT2D eigenvalue weighted by Crippen LogP contribution is -2.33. The number of H-pyrrole nitrogens is 1. The number of hydrogen-bond donors (Lipinski definition) is 1. The molecule has 0 radical (unpaired) electrons. The Morgan fingerprint density at radius 2 is 1.56 bits per heavy atom. The van der Waals surface area contributed by atoms with E-state index in [0.717, 1.165) is 4.90 Å². The average molecular weight is 362 g/mol. The number of rotatable bonds is 4. The lowest BCUT2D eigenvalue weighted by molar-refractivity contribution is 0.0415. The number of hydrogen-bond acceptors (Lipinski definition) is 5. The molecule has 0 saturated heterocycles. The molecule has 1 N–H and O–H groups in total. The summed E-state index contributed by atoms with van der Waals surface area (Å²) in [5.74, 6) is -1.55. The Labute approximate surface area is 153 Å². The standard InChI is InChI=1S/C20H14N2O5/c23-17-11-16(21-15-8-4-3-7-14(15)17)20(26)27-10-9-22-18(24)12-5-1-2-6-13(12)19(22)25/h1-8,11H,9-10H2,(H,21,23). The number of para-hydroxylation sites is 1. The normalized spacial score (nSPS) is 13.1. The maximum Gasteiger partial charge on any atom is 0.354 e. The summed E-state index contributed by atoms with van der Waals surface area (Å²) in [6, 6.07) is 14.5. The fourth-order valence-electron chi connectivity index (χ4n) is 3.06. The van der Waals surface area contributed by atoms with Gasteiger partial charge in [-0.1, -0.05) is 24.3 Å². The van der Waals surface area contributed by atoms with Crippen LogP contribution in [0, 0.1) is 0 Å². The van der Waals surface area contributed by atoms with Gasteiger partial charge < -0.3 is 9.72 Å². The van der Waals surface area contributed by atoms with Crippen LogP contribution in [-0.2, 0) is 4.74 Å². The van der Waals surface area contributed by atoms with Crippen LogP contribution >= 0.6 is 0 Å². The molecule has 0 atom stereocenters. The van der Waals surface area contributed by atoms with Crippen LogP contribution in [0.4, 0.5) is 0 Å². The number of amides is 2. The Kier molecular flexibility index (Phi) is 4.04. The molecule has 0 fully saturated rings. The monoisotopic (exact) mass is 362 g/mol. The van der Waals surface area contributed by atoms with Gasteiger partial charge in [0.2, 0.25) is 0 Å². The maximum atomic E-state index is 12.3. The van der Waals surface area contributed by atoms with Crippen molar-refractivity contribution < 1.29 is 19.1 Å². The highest BCUT2D eigenvalue weighted by Crippen LogP contribution is 2.22. The zero-order chi connectivity index (χ0) is 19.0. The van der Waals surface area contributed by atoms with Crippen molar-refractivity contribution in [1.82, 2.24) is 9.88 Å². The predicted octanol–water partition coefficient (Wildman–Crippen LogP) is 1.98. The molecule has 0 saturated carbocycles. The third-order valence-electron chi connectivity index (χ3n) is 4.38. The zero-order valence-corrected chi connectivity index (χ0v) is 14.1. The summed E-state index contributed by atoms with van der Waals surface area (Å²) in [7, 11) is 0. The highest BCUT2D eigenvalue weighted by Gasteiger charge is 2.34. The largest absolute Gasteiger partial charge is 0.459 e. The van der Waals surface area contributed by atoms with Crippen molar-refractivity contribution in [2.45, 2.75) is 0 Å². The Balaban J connectivity index is 1.44. The Morgan fingerprint density at radius 1 is 0.926 bits per heavy atom. The third-order valence-corrected chi connectivity index (χ3v) is 4.38. The summed E-state index contributed by atoms with van der Waals surface area (Å²) in [6.07, 6.45) is 0. The number of carbonyl (C=O) groups excluding carboxylic acids is 3. The second-order valence-corrected chi connectivity index (χ2v) is 6.04. The molecule has 4 rings (SSSR count). The third kappa shape index (κ3) is 2.89. The predicted molar refractivity (Wildman–Crippen MR) is 96.7 cm³/mol. The zero-order valence-electron chi connectivity index (χ0n) is 14.1. The summed E-state index contributed by atoms with van der Waals surface area (Å²) in [5, 5.41) is 0.472. The molecular weight excluding hydrogens is 348 g/mol. The molecule has 7 heteroatoms. The number of ether oxygens (including phenoxy) is 1. The van der Waals surface area contributed by atoms with Crippen LogP contribution in [0.2, 0.25) is 0 Å². The first-order valence-corrected chi connectivity index (χ1v) is 8.30. The molecule has 27 heavy (non-hydrogen) atoms. The van der Waals surface area contributed by atoms with Crippen LogP contribution in [0.3, 0.4) is 0 Å². The number of nitrogens with one attached hydrogen (secondary N) is 1. The second-order valence-electron chi connectivity index (χ2n) is 6.04. The van der Waals surface area contributed by atoms with Crippen molar-refractivity contribution in [3.05, 3.63) is 81.6 Å². The molecule has 0 aliphatic carbocycles. The van der Waals surface area contributed by atoms with E-state index in [9.17, 15) is 19.2 Å². The van der Waals surface area contributed by atoms with Crippen molar-refractivity contribution in [2.75, 3.05) is 13.2 Å². The molecule has 1 aromatic heterocycles. The lowest BCUT2D eigenvalue weighted by Gasteiger charge is -2.13. The second kappa shape index (κ2) is 6.53. The number of pyridine rings is 1. The molecule has 2 amide bonds. The van der Waals surface area contributed by atoms with E-state index in [2.05, 4.69) is 4.98 Å². The van der Waals surface area contributed by atoms with E-state index in [1.54, 1.807) is 48.5 Å². The molecule has 0 spiro atoms. The summed E-state index contributed by atoms with van der Waals surface area (Å²) < 4.78 is 5.13. The van der Waals surface area contributed by atoms with E-state index in [-0.39, 0.29) is 24.3 Å².